The number of anilines is 1. The van der Waals surface area contributed by atoms with Crippen molar-refractivity contribution < 1.29 is 4.74 Å². The third-order valence-corrected chi connectivity index (χ3v) is 5.23. The van der Waals surface area contributed by atoms with Crippen LogP contribution in [0, 0.1) is 0 Å². The minimum atomic E-state index is 0.373. The summed E-state index contributed by atoms with van der Waals surface area (Å²) in [6, 6.07) is 0. The monoisotopic (exact) mass is 295 g/mol. The zero-order valence-electron chi connectivity index (χ0n) is 12.3. The van der Waals surface area contributed by atoms with Crippen molar-refractivity contribution in [2.75, 3.05) is 24.6 Å². The number of hydrogen-bond donors (Lipinski definition) is 1. The number of ether oxygens (including phenoxy) is 1. The Morgan fingerprint density at radius 2 is 2.25 bits per heavy atom. The third kappa shape index (κ3) is 3.15. The maximum atomic E-state index is 5.92. The molecule has 112 valence electrons. The van der Waals surface area contributed by atoms with E-state index in [-0.39, 0.29) is 0 Å². The molecule has 0 aromatic carbocycles. The molecule has 1 aliphatic carbocycles. The number of nitrogens with zero attached hydrogens (tertiary/aromatic N) is 2. The quantitative estimate of drug-likeness (QED) is 0.877. The minimum Gasteiger partial charge on any atom is -0.376 e. The lowest BCUT2D eigenvalue weighted by Gasteiger charge is -2.32. The lowest BCUT2D eigenvalue weighted by molar-refractivity contribution is 0.0440. The fourth-order valence-corrected chi connectivity index (χ4v) is 3.90. The summed E-state index contributed by atoms with van der Waals surface area (Å²) in [6.07, 6.45) is 6.43. The molecule has 2 N–H and O–H groups in total. The first-order chi connectivity index (χ1) is 9.81. The highest BCUT2D eigenvalue weighted by Crippen LogP contribution is 2.44. The van der Waals surface area contributed by atoms with Crippen LogP contribution in [0.15, 0.2) is 0 Å². The molecule has 5 heteroatoms. The molecule has 1 saturated heterocycles. The van der Waals surface area contributed by atoms with E-state index in [0.29, 0.717) is 18.6 Å². The van der Waals surface area contributed by atoms with E-state index in [2.05, 4.69) is 11.8 Å². The largest absolute Gasteiger partial charge is 0.376 e. The van der Waals surface area contributed by atoms with E-state index < -0.39 is 0 Å². The molecular formula is C15H25N3OS. The average Bonchev–Trinajstić information content (AvgIpc) is 3.24. The Bertz CT molecular complexity index is 444. The molecule has 0 spiro atoms. The van der Waals surface area contributed by atoms with Gasteiger partial charge >= 0.3 is 0 Å². The molecule has 1 unspecified atom stereocenters. The number of piperidine rings is 1. The predicted molar refractivity (Wildman–Crippen MR) is 83.5 cm³/mol. The van der Waals surface area contributed by atoms with Crippen molar-refractivity contribution in [1.82, 2.24) is 4.98 Å². The number of aromatic nitrogens is 1. The van der Waals surface area contributed by atoms with Gasteiger partial charge in [-0.05, 0) is 32.1 Å². The van der Waals surface area contributed by atoms with Gasteiger partial charge in [0.1, 0.15) is 0 Å². The number of thiazole rings is 1. The maximum Gasteiger partial charge on any atom is 0.185 e. The van der Waals surface area contributed by atoms with Crippen molar-refractivity contribution in [2.24, 2.45) is 5.73 Å². The summed E-state index contributed by atoms with van der Waals surface area (Å²) in [7, 11) is 0. The average molecular weight is 295 g/mol. The molecule has 4 nitrogen and oxygen atoms in total. The van der Waals surface area contributed by atoms with E-state index >= 15 is 0 Å². The van der Waals surface area contributed by atoms with Crippen molar-refractivity contribution in [3.63, 3.8) is 0 Å². The van der Waals surface area contributed by atoms with Gasteiger partial charge < -0.3 is 15.4 Å². The van der Waals surface area contributed by atoms with Crippen LogP contribution in [0.5, 0.6) is 0 Å². The summed E-state index contributed by atoms with van der Waals surface area (Å²) in [4.78, 5) is 8.58. The molecule has 2 aliphatic rings. The molecule has 2 fully saturated rings. The van der Waals surface area contributed by atoms with Gasteiger partial charge in [-0.3, -0.25) is 0 Å². The third-order valence-electron chi connectivity index (χ3n) is 4.07. The summed E-state index contributed by atoms with van der Waals surface area (Å²) in [5.74, 6) is 0.690. The van der Waals surface area contributed by atoms with Gasteiger partial charge in [0, 0.05) is 37.0 Å². The molecule has 1 aromatic heterocycles. The molecule has 3 rings (SSSR count). The van der Waals surface area contributed by atoms with Crippen molar-refractivity contribution in [3.05, 3.63) is 10.6 Å². The van der Waals surface area contributed by atoms with E-state index in [4.69, 9.17) is 15.5 Å². The molecule has 0 bridgehead atoms. The molecule has 0 amide bonds. The van der Waals surface area contributed by atoms with E-state index in [1.165, 1.54) is 36.3 Å². The van der Waals surface area contributed by atoms with E-state index in [1.54, 1.807) is 11.3 Å². The molecule has 1 aromatic rings. The number of hydrogen-bond acceptors (Lipinski definition) is 5. The van der Waals surface area contributed by atoms with Crippen LogP contribution >= 0.6 is 11.3 Å². The standard InChI is InChI=1S/C15H25N3OS/c1-2-8-19-12-4-3-7-18(10-12)15-17-14(11-5-6-11)13(9-16)20-15/h11-12H,2-10,16H2,1H3. The maximum absolute atomic E-state index is 5.92. The number of nitrogens with two attached hydrogens (primary N) is 1. The van der Waals surface area contributed by atoms with Gasteiger partial charge in [-0.2, -0.15) is 0 Å². The Kier molecular flexibility index (Phi) is 4.58. The van der Waals surface area contributed by atoms with Crippen molar-refractivity contribution >= 4 is 16.5 Å². The molecule has 1 atom stereocenters. The Labute approximate surface area is 125 Å². The molecular weight excluding hydrogens is 270 g/mol. The first-order valence-electron chi connectivity index (χ1n) is 7.88. The lowest BCUT2D eigenvalue weighted by Crippen LogP contribution is -2.39. The van der Waals surface area contributed by atoms with Gasteiger partial charge in [0.2, 0.25) is 0 Å². The van der Waals surface area contributed by atoms with E-state index in [9.17, 15) is 0 Å². The fourth-order valence-electron chi connectivity index (χ4n) is 2.84. The van der Waals surface area contributed by atoms with Crippen LogP contribution in [0.3, 0.4) is 0 Å². The predicted octanol–water partition coefficient (Wildman–Crippen LogP) is 2.87. The summed E-state index contributed by atoms with van der Waals surface area (Å²) in [5, 5.41) is 1.16. The second kappa shape index (κ2) is 6.41. The van der Waals surface area contributed by atoms with Crippen molar-refractivity contribution in [2.45, 2.75) is 57.6 Å². The van der Waals surface area contributed by atoms with Gasteiger partial charge in [0.15, 0.2) is 5.13 Å². The highest BCUT2D eigenvalue weighted by molar-refractivity contribution is 7.15. The summed E-state index contributed by atoms with van der Waals surface area (Å²) >= 11 is 1.79. The van der Waals surface area contributed by atoms with E-state index in [0.717, 1.165) is 31.2 Å². The second-order valence-electron chi connectivity index (χ2n) is 5.86. The van der Waals surface area contributed by atoms with Crippen molar-refractivity contribution in [3.8, 4) is 0 Å². The summed E-state index contributed by atoms with van der Waals surface area (Å²) in [5.41, 5.74) is 7.16. The van der Waals surface area contributed by atoms with Crippen LogP contribution in [-0.2, 0) is 11.3 Å². The van der Waals surface area contributed by atoms with Gasteiger partial charge in [0.25, 0.3) is 0 Å². The number of rotatable bonds is 6. The Balaban J connectivity index is 1.68. The highest BCUT2D eigenvalue weighted by atomic mass is 32.1. The smallest absolute Gasteiger partial charge is 0.185 e. The van der Waals surface area contributed by atoms with Gasteiger partial charge in [-0.15, -0.1) is 11.3 Å². The normalized spacial score (nSPS) is 23.3. The minimum absolute atomic E-state index is 0.373. The molecule has 2 heterocycles. The van der Waals surface area contributed by atoms with Crippen LogP contribution in [0.4, 0.5) is 5.13 Å². The van der Waals surface area contributed by atoms with Crippen LogP contribution in [0.1, 0.15) is 55.5 Å². The zero-order valence-corrected chi connectivity index (χ0v) is 13.1. The fraction of sp³-hybridized carbons (Fsp3) is 0.800. The van der Waals surface area contributed by atoms with E-state index in [1.807, 2.05) is 0 Å². The van der Waals surface area contributed by atoms with Crippen LogP contribution in [0.25, 0.3) is 0 Å². The zero-order chi connectivity index (χ0) is 13.9. The Morgan fingerprint density at radius 1 is 1.40 bits per heavy atom. The topological polar surface area (TPSA) is 51.4 Å². The molecule has 20 heavy (non-hydrogen) atoms. The summed E-state index contributed by atoms with van der Waals surface area (Å²) < 4.78 is 5.92. The van der Waals surface area contributed by atoms with Crippen LogP contribution < -0.4 is 10.6 Å². The molecule has 1 saturated carbocycles. The molecule has 0 radical (unpaired) electrons. The van der Waals surface area contributed by atoms with Crippen LogP contribution in [0.2, 0.25) is 0 Å². The Hall–Kier alpha value is -0.650. The first-order valence-corrected chi connectivity index (χ1v) is 8.69. The molecule has 1 aliphatic heterocycles. The lowest BCUT2D eigenvalue weighted by atomic mass is 10.1. The summed E-state index contributed by atoms with van der Waals surface area (Å²) in [6.45, 7) is 5.76. The van der Waals surface area contributed by atoms with Crippen LogP contribution in [-0.4, -0.2) is 30.8 Å². The van der Waals surface area contributed by atoms with Crippen molar-refractivity contribution in [1.29, 1.82) is 0 Å². The highest BCUT2D eigenvalue weighted by Gasteiger charge is 2.31. The van der Waals surface area contributed by atoms with Gasteiger partial charge in [-0.1, -0.05) is 6.92 Å². The van der Waals surface area contributed by atoms with Gasteiger partial charge in [0.05, 0.1) is 11.8 Å². The van der Waals surface area contributed by atoms with Gasteiger partial charge in [-0.25, -0.2) is 4.98 Å². The first kappa shape index (κ1) is 14.3. The SMILES string of the molecule is CCCOC1CCCN(c2nc(C3CC3)c(CN)s2)C1. The second-order valence-corrected chi connectivity index (χ2v) is 6.93. The Morgan fingerprint density at radius 3 is 2.95 bits per heavy atom.